The highest BCUT2D eigenvalue weighted by Gasteiger charge is 2.53. The zero-order valence-corrected chi connectivity index (χ0v) is 22.6. The first kappa shape index (κ1) is 27.9. The van der Waals surface area contributed by atoms with Crippen molar-refractivity contribution >= 4 is 17.9 Å². The second kappa shape index (κ2) is 12.7. The Hall–Kier alpha value is -3.63. The fraction of sp³-hybridized carbons (Fsp3) is 0.500. The van der Waals surface area contributed by atoms with Crippen LogP contribution in [0.4, 0.5) is 4.79 Å². The fourth-order valence-corrected chi connectivity index (χ4v) is 5.84. The third-order valence-electron chi connectivity index (χ3n) is 8.07. The van der Waals surface area contributed by atoms with Gasteiger partial charge in [0.05, 0.1) is 19.8 Å². The fourth-order valence-electron chi connectivity index (χ4n) is 5.84. The number of amides is 3. The molecule has 1 aliphatic carbocycles. The lowest BCUT2D eigenvalue weighted by Crippen LogP contribution is -2.74. The van der Waals surface area contributed by atoms with Crippen LogP contribution in [0.2, 0.25) is 0 Å². The molecule has 10 nitrogen and oxygen atoms in total. The first-order chi connectivity index (χ1) is 19.4. The van der Waals surface area contributed by atoms with E-state index in [0.717, 1.165) is 41.9 Å². The van der Waals surface area contributed by atoms with Crippen molar-refractivity contribution in [2.75, 3.05) is 26.3 Å². The molecule has 1 saturated carbocycles. The Morgan fingerprint density at radius 1 is 0.950 bits per heavy atom. The average Bonchev–Trinajstić information content (AvgIpc) is 2.98. The minimum atomic E-state index is -1.15. The molecule has 10 heteroatoms. The van der Waals surface area contributed by atoms with Gasteiger partial charge < -0.3 is 24.7 Å². The Kier molecular flexibility index (Phi) is 8.86. The third-order valence-corrected chi connectivity index (χ3v) is 8.07. The van der Waals surface area contributed by atoms with Crippen molar-refractivity contribution in [2.45, 2.75) is 63.3 Å². The highest BCUT2D eigenvalue weighted by atomic mass is 16.7. The van der Waals surface area contributed by atoms with E-state index in [1.54, 1.807) is 29.2 Å². The normalized spacial score (nSPS) is 23.7. The van der Waals surface area contributed by atoms with Crippen molar-refractivity contribution < 1.29 is 34.2 Å². The number of aromatic hydroxyl groups is 1. The summed E-state index contributed by atoms with van der Waals surface area (Å²) in [6.07, 6.45) is 3.44. The Balaban J connectivity index is 1.37. The van der Waals surface area contributed by atoms with Gasteiger partial charge in [0, 0.05) is 13.0 Å². The van der Waals surface area contributed by atoms with Gasteiger partial charge in [-0.1, -0.05) is 61.7 Å². The van der Waals surface area contributed by atoms with Crippen molar-refractivity contribution in [2.24, 2.45) is 5.92 Å². The van der Waals surface area contributed by atoms with Crippen LogP contribution in [0.1, 0.15) is 43.2 Å². The van der Waals surface area contributed by atoms with E-state index in [4.69, 9.17) is 9.57 Å². The highest BCUT2D eigenvalue weighted by molar-refractivity contribution is 5.92. The second-order valence-electron chi connectivity index (χ2n) is 10.8. The number of carbonyl (C=O) groups excluding carboxylic acids is 3. The molecule has 2 heterocycles. The van der Waals surface area contributed by atoms with Crippen molar-refractivity contribution in [1.29, 1.82) is 0 Å². The van der Waals surface area contributed by atoms with Gasteiger partial charge in [0.2, 0.25) is 5.91 Å². The minimum Gasteiger partial charge on any atom is -0.508 e. The van der Waals surface area contributed by atoms with E-state index in [1.165, 1.54) is 11.3 Å². The third kappa shape index (κ3) is 6.23. The largest absolute Gasteiger partial charge is 0.508 e. The number of fused-ring (bicyclic) bond motifs is 1. The zero-order chi connectivity index (χ0) is 28.1. The number of piperazine rings is 1. The molecule has 214 valence electrons. The predicted octanol–water partition coefficient (Wildman–Crippen LogP) is 2.87. The Morgan fingerprint density at radius 2 is 1.68 bits per heavy atom. The van der Waals surface area contributed by atoms with Gasteiger partial charge in [-0.05, 0) is 48.4 Å². The van der Waals surface area contributed by atoms with Gasteiger partial charge >= 0.3 is 6.09 Å². The molecule has 3 amide bonds. The highest BCUT2D eigenvalue weighted by Crippen LogP contribution is 2.30. The van der Waals surface area contributed by atoms with Crippen LogP contribution >= 0.6 is 0 Å². The van der Waals surface area contributed by atoms with Crippen LogP contribution in [-0.2, 0) is 32.0 Å². The van der Waals surface area contributed by atoms with Crippen LogP contribution in [-0.4, -0.2) is 87.6 Å². The van der Waals surface area contributed by atoms with E-state index < -0.39 is 36.9 Å². The van der Waals surface area contributed by atoms with Gasteiger partial charge in [-0.15, -0.1) is 0 Å². The number of rotatable bonds is 8. The number of aliphatic hydroxyl groups excluding tert-OH is 1. The first-order valence-corrected chi connectivity index (χ1v) is 14.1. The summed E-state index contributed by atoms with van der Waals surface area (Å²) in [5.74, 6) is -0.392. The molecule has 0 spiro atoms. The number of hydrogen-bond acceptors (Lipinski definition) is 7. The van der Waals surface area contributed by atoms with Gasteiger partial charge in [0.1, 0.15) is 11.8 Å². The molecule has 3 fully saturated rings. The van der Waals surface area contributed by atoms with E-state index in [-0.39, 0.29) is 31.2 Å². The quantitative estimate of drug-likeness (QED) is 0.518. The molecule has 0 bridgehead atoms. The van der Waals surface area contributed by atoms with Gasteiger partial charge in [0.25, 0.3) is 5.91 Å². The summed E-state index contributed by atoms with van der Waals surface area (Å²) in [7, 11) is 0. The van der Waals surface area contributed by atoms with Crippen LogP contribution in [0.25, 0.3) is 0 Å². The van der Waals surface area contributed by atoms with E-state index in [2.05, 4.69) is 0 Å². The number of phenolic OH excluding ortho intramolecular Hbond substituents is 1. The number of carbonyl (C=O) groups is 3. The number of hydroxylamine groups is 2. The molecule has 3 aliphatic rings. The Bertz CT molecular complexity index is 1170. The molecule has 40 heavy (non-hydrogen) atoms. The molecule has 2 aromatic rings. The number of benzene rings is 2. The summed E-state index contributed by atoms with van der Waals surface area (Å²) < 4.78 is 5.71. The number of aliphatic hydroxyl groups is 1. The van der Waals surface area contributed by atoms with E-state index in [1.807, 2.05) is 30.3 Å². The van der Waals surface area contributed by atoms with Gasteiger partial charge in [-0.25, -0.2) is 4.79 Å². The standard InChI is InChI=1S/C30H37N3O7/c34-19-25-28(36)31(16-15-21-11-13-24(35)14-12-21)18-27-32(25)29(37)26(17-22-7-3-1-4-8-22)40-33(27)30(38)39-20-23-9-5-2-6-10-23/h1,3-4,7-8,11-14,23,25-27,34-35H,2,5-6,9-10,15-20H2/t25-,26+,27?/m0/s1. The van der Waals surface area contributed by atoms with Crippen molar-refractivity contribution in [1.82, 2.24) is 14.9 Å². The molecule has 2 N–H and O–H groups in total. The number of hydrogen-bond donors (Lipinski definition) is 2. The maximum Gasteiger partial charge on any atom is 0.436 e. The van der Waals surface area contributed by atoms with Gasteiger partial charge in [-0.3, -0.25) is 14.4 Å². The molecule has 0 radical (unpaired) electrons. The monoisotopic (exact) mass is 551 g/mol. The molecule has 0 aromatic heterocycles. The van der Waals surface area contributed by atoms with E-state index >= 15 is 0 Å². The number of nitrogens with zero attached hydrogens (tertiary/aromatic N) is 3. The van der Waals surface area contributed by atoms with Crippen LogP contribution in [0.3, 0.4) is 0 Å². The summed E-state index contributed by atoms with van der Waals surface area (Å²) in [5.41, 5.74) is 1.76. The molecule has 2 aromatic carbocycles. The SMILES string of the molecule is O=C1[C@H](CO)N2C(=O)[C@@H](Cc3ccccc3)ON(C(=O)OCC3CCCCC3)C2CN1CCc1ccc(O)cc1. The van der Waals surface area contributed by atoms with Crippen molar-refractivity contribution in [3.8, 4) is 5.75 Å². The Morgan fingerprint density at radius 3 is 2.38 bits per heavy atom. The lowest BCUT2D eigenvalue weighted by atomic mass is 9.90. The van der Waals surface area contributed by atoms with Gasteiger partial charge in [-0.2, -0.15) is 5.06 Å². The van der Waals surface area contributed by atoms with Crippen LogP contribution in [0.5, 0.6) is 5.75 Å². The first-order valence-electron chi connectivity index (χ1n) is 14.1. The molecule has 2 saturated heterocycles. The molecule has 3 atom stereocenters. The maximum absolute atomic E-state index is 13.7. The topological polar surface area (TPSA) is 120 Å². The molecular formula is C30H37N3O7. The summed E-state index contributed by atoms with van der Waals surface area (Å²) in [4.78, 5) is 49.5. The molecular weight excluding hydrogens is 514 g/mol. The van der Waals surface area contributed by atoms with E-state index in [9.17, 15) is 24.6 Å². The number of phenols is 1. The summed E-state index contributed by atoms with van der Waals surface area (Å²) >= 11 is 0. The van der Waals surface area contributed by atoms with Crippen LogP contribution < -0.4 is 0 Å². The van der Waals surface area contributed by atoms with Gasteiger partial charge in [0.15, 0.2) is 12.3 Å². The second-order valence-corrected chi connectivity index (χ2v) is 10.8. The van der Waals surface area contributed by atoms with Crippen LogP contribution in [0, 0.1) is 5.92 Å². The number of ether oxygens (including phenoxy) is 1. The average molecular weight is 552 g/mol. The molecule has 5 rings (SSSR count). The molecule has 2 aliphatic heterocycles. The summed E-state index contributed by atoms with van der Waals surface area (Å²) in [6, 6.07) is 14.9. The van der Waals surface area contributed by atoms with Crippen molar-refractivity contribution in [3.63, 3.8) is 0 Å². The predicted molar refractivity (Wildman–Crippen MR) is 145 cm³/mol. The summed E-state index contributed by atoms with van der Waals surface area (Å²) in [5, 5.41) is 20.9. The summed E-state index contributed by atoms with van der Waals surface area (Å²) in [6.45, 7) is 0.0161. The lowest BCUT2D eigenvalue weighted by molar-refractivity contribution is -0.267. The van der Waals surface area contributed by atoms with E-state index in [0.29, 0.717) is 18.9 Å². The smallest absolute Gasteiger partial charge is 0.436 e. The zero-order valence-electron chi connectivity index (χ0n) is 22.6. The molecule has 1 unspecified atom stereocenters. The maximum atomic E-state index is 13.7. The van der Waals surface area contributed by atoms with Crippen LogP contribution in [0.15, 0.2) is 54.6 Å². The van der Waals surface area contributed by atoms with Crippen molar-refractivity contribution in [3.05, 3.63) is 65.7 Å². The minimum absolute atomic E-state index is 0.0236. The Labute approximate surface area is 234 Å². The lowest BCUT2D eigenvalue weighted by Gasteiger charge is -2.52.